The molecule has 1 aliphatic heterocycles. The predicted octanol–water partition coefficient (Wildman–Crippen LogP) is 3.21. The lowest BCUT2D eigenvalue weighted by molar-refractivity contribution is 0.00256. The summed E-state index contributed by atoms with van der Waals surface area (Å²) in [5, 5.41) is 13.1. The van der Waals surface area contributed by atoms with Crippen LogP contribution in [0.2, 0.25) is 0 Å². The van der Waals surface area contributed by atoms with Gasteiger partial charge in [0.2, 0.25) is 0 Å². The van der Waals surface area contributed by atoms with E-state index in [1.807, 2.05) is 13.1 Å². The minimum absolute atomic E-state index is 0.214. The van der Waals surface area contributed by atoms with E-state index in [2.05, 4.69) is 44.3 Å². The molecule has 0 aromatic heterocycles. The summed E-state index contributed by atoms with van der Waals surface area (Å²) in [5.74, 6) is 0.214. The number of carboxylic acid groups (broad SMARTS) is 1. The van der Waals surface area contributed by atoms with Crippen LogP contribution in [0.3, 0.4) is 0 Å². The van der Waals surface area contributed by atoms with E-state index in [9.17, 15) is 9.90 Å². The summed E-state index contributed by atoms with van der Waals surface area (Å²) in [7, 11) is 1.96. The highest BCUT2D eigenvalue weighted by atomic mass is 16.4. The molecular formula is C17H26N2O2. The number of rotatable bonds is 3. The van der Waals surface area contributed by atoms with Crippen LogP contribution in [0.4, 0.5) is 4.79 Å². The minimum Gasteiger partial charge on any atom is -0.465 e. The van der Waals surface area contributed by atoms with E-state index in [4.69, 9.17) is 0 Å². The van der Waals surface area contributed by atoms with Crippen LogP contribution in [0.25, 0.3) is 0 Å². The highest BCUT2D eigenvalue weighted by Gasteiger charge is 2.48. The second-order valence-electron chi connectivity index (χ2n) is 6.36. The zero-order valence-electron chi connectivity index (χ0n) is 13.4. The maximum atomic E-state index is 11.8. The molecule has 2 unspecified atom stereocenters. The third kappa shape index (κ3) is 2.77. The van der Waals surface area contributed by atoms with Crippen LogP contribution < -0.4 is 5.32 Å². The van der Waals surface area contributed by atoms with Gasteiger partial charge in [-0.2, -0.15) is 0 Å². The molecule has 4 heteroatoms. The molecule has 0 aliphatic carbocycles. The number of likely N-dealkylation sites (tertiary alicyclic amines) is 1. The molecule has 21 heavy (non-hydrogen) atoms. The molecule has 0 bridgehead atoms. The Morgan fingerprint density at radius 1 is 1.48 bits per heavy atom. The van der Waals surface area contributed by atoms with Crippen LogP contribution in [0.15, 0.2) is 24.3 Å². The van der Waals surface area contributed by atoms with Crippen molar-refractivity contribution in [1.29, 1.82) is 0 Å². The molecule has 2 atom stereocenters. The SMILES string of the molecule is CNC1CCN(C(=O)O)C(c2cccc(C)c2)(C(C)C)C1. The van der Waals surface area contributed by atoms with E-state index >= 15 is 0 Å². The summed E-state index contributed by atoms with van der Waals surface area (Å²) in [6.07, 6.45) is 0.861. The standard InChI is InChI=1S/C17H26N2O2/c1-12(2)17(14-7-5-6-13(3)10-14)11-15(18-4)8-9-19(17)16(20)21/h5-7,10,12,15,18H,8-9,11H2,1-4H3,(H,20,21). The van der Waals surface area contributed by atoms with Gasteiger partial charge < -0.3 is 10.4 Å². The lowest BCUT2D eigenvalue weighted by Gasteiger charge is -2.51. The fourth-order valence-electron chi connectivity index (χ4n) is 3.65. The Morgan fingerprint density at radius 2 is 2.19 bits per heavy atom. The lowest BCUT2D eigenvalue weighted by atomic mass is 9.71. The van der Waals surface area contributed by atoms with Gasteiger partial charge in [0.1, 0.15) is 0 Å². The molecule has 2 N–H and O–H groups in total. The smallest absolute Gasteiger partial charge is 0.408 e. The van der Waals surface area contributed by atoms with Crippen molar-refractivity contribution in [2.75, 3.05) is 13.6 Å². The second-order valence-corrected chi connectivity index (χ2v) is 6.36. The maximum absolute atomic E-state index is 11.8. The van der Waals surface area contributed by atoms with E-state index in [0.29, 0.717) is 12.6 Å². The van der Waals surface area contributed by atoms with Crippen molar-refractivity contribution in [3.63, 3.8) is 0 Å². The van der Waals surface area contributed by atoms with Crippen LogP contribution in [0.1, 0.15) is 37.8 Å². The summed E-state index contributed by atoms with van der Waals surface area (Å²) in [5.41, 5.74) is 1.83. The molecule has 4 nitrogen and oxygen atoms in total. The summed E-state index contributed by atoms with van der Waals surface area (Å²) in [6, 6.07) is 8.64. The number of aryl methyl sites for hydroxylation is 1. The Bertz CT molecular complexity index is 515. The Hall–Kier alpha value is -1.55. The second kappa shape index (κ2) is 6.06. The van der Waals surface area contributed by atoms with Gasteiger partial charge in [-0.15, -0.1) is 0 Å². The van der Waals surface area contributed by atoms with Gasteiger partial charge in [-0.05, 0) is 38.3 Å². The average Bonchev–Trinajstić information content (AvgIpc) is 2.46. The quantitative estimate of drug-likeness (QED) is 0.898. The first-order chi connectivity index (χ1) is 9.91. The summed E-state index contributed by atoms with van der Waals surface area (Å²) in [4.78, 5) is 13.5. The molecule has 0 saturated carbocycles. The Balaban J connectivity index is 2.56. The van der Waals surface area contributed by atoms with E-state index < -0.39 is 11.6 Å². The van der Waals surface area contributed by atoms with Crippen molar-refractivity contribution < 1.29 is 9.90 Å². The number of piperidine rings is 1. The van der Waals surface area contributed by atoms with Gasteiger partial charge in [0.25, 0.3) is 0 Å². The van der Waals surface area contributed by atoms with Gasteiger partial charge in [0.05, 0.1) is 5.54 Å². The van der Waals surface area contributed by atoms with Gasteiger partial charge in [-0.1, -0.05) is 43.7 Å². The number of nitrogens with zero attached hydrogens (tertiary/aromatic N) is 1. The van der Waals surface area contributed by atoms with Crippen molar-refractivity contribution in [2.45, 2.75) is 45.2 Å². The normalized spacial score (nSPS) is 26.1. The fraction of sp³-hybridized carbons (Fsp3) is 0.588. The molecule has 116 valence electrons. The van der Waals surface area contributed by atoms with Crippen LogP contribution in [-0.4, -0.2) is 35.7 Å². The summed E-state index contributed by atoms with van der Waals surface area (Å²) < 4.78 is 0. The highest BCUT2D eigenvalue weighted by molar-refractivity contribution is 5.67. The highest BCUT2D eigenvalue weighted by Crippen LogP contribution is 2.43. The first-order valence-electron chi connectivity index (χ1n) is 7.66. The van der Waals surface area contributed by atoms with Crippen LogP contribution in [0, 0.1) is 12.8 Å². The number of hydrogen-bond acceptors (Lipinski definition) is 2. The van der Waals surface area contributed by atoms with Gasteiger partial charge in [0, 0.05) is 12.6 Å². The lowest BCUT2D eigenvalue weighted by Crippen LogP contribution is -2.59. The largest absolute Gasteiger partial charge is 0.465 e. The number of nitrogens with one attached hydrogen (secondary N) is 1. The summed E-state index contributed by atoms with van der Waals surface area (Å²) >= 11 is 0. The van der Waals surface area contributed by atoms with E-state index in [-0.39, 0.29) is 5.92 Å². The summed E-state index contributed by atoms with van der Waals surface area (Å²) in [6.45, 7) is 6.88. The van der Waals surface area contributed by atoms with Crippen molar-refractivity contribution >= 4 is 6.09 Å². The first-order valence-corrected chi connectivity index (χ1v) is 7.66. The molecule has 1 amide bonds. The molecule has 2 rings (SSSR count). The molecule has 1 fully saturated rings. The molecule has 0 radical (unpaired) electrons. The van der Waals surface area contributed by atoms with Gasteiger partial charge in [0.15, 0.2) is 0 Å². The number of benzene rings is 1. The maximum Gasteiger partial charge on any atom is 0.408 e. The third-order valence-electron chi connectivity index (χ3n) is 4.85. The minimum atomic E-state index is -0.820. The average molecular weight is 290 g/mol. The molecular weight excluding hydrogens is 264 g/mol. The molecule has 1 saturated heterocycles. The Kier molecular flexibility index (Phi) is 4.57. The van der Waals surface area contributed by atoms with Gasteiger partial charge in [-0.3, -0.25) is 4.90 Å². The fourth-order valence-corrected chi connectivity index (χ4v) is 3.65. The molecule has 0 spiro atoms. The van der Waals surface area contributed by atoms with Gasteiger partial charge in [-0.25, -0.2) is 4.79 Å². The monoisotopic (exact) mass is 290 g/mol. The third-order valence-corrected chi connectivity index (χ3v) is 4.85. The van der Waals surface area contributed by atoms with Crippen molar-refractivity contribution in [1.82, 2.24) is 10.2 Å². The molecule has 1 aromatic carbocycles. The topological polar surface area (TPSA) is 52.6 Å². The van der Waals surface area contributed by atoms with Gasteiger partial charge >= 0.3 is 6.09 Å². The van der Waals surface area contributed by atoms with E-state index in [1.54, 1.807) is 4.90 Å². The van der Waals surface area contributed by atoms with Crippen molar-refractivity contribution in [3.05, 3.63) is 35.4 Å². The molecule has 1 aliphatic rings. The van der Waals surface area contributed by atoms with Crippen LogP contribution >= 0.6 is 0 Å². The predicted molar refractivity (Wildman–Crippen MR) is 84.5 cm³/mol. The Morgan fingerprint density at radius 3 is 2.71 bits per heavy atom. The van der Waals surface area contributed by atoms with Crippen LogP contribution in [0.5, 0.6) is 0 Å². The number of amides is 1. The first kappa shape index (κ1) is 15.8. The number of hydrogen-bond donors (Lipinski definition) is 2. The van der Waals surface area contributed by atoms with Crippen molar-refractivity contribution in [3.8, 4) is 0 Å². The van der Waals surface area contributed by atoms with E-state index in [1.165, 1.54) is 5.56 Å². The zero-order valence-corrected chi connectivity index (χ0v) is 13.4. The van der Waals surface area contributed by atoms with Crippen molar-refractivity contribution in [2.24, 2.45) is 5.92 Å². The Labute approximate surface area is 127 Å². The molecule has 1 heterocycles. The molecule has 1 aromatic rings. The number of carbonyl (C=O) groups is 1. The van der Waals surface area contributed by atoms with E-state index in [0.717, 1.165) is 18.4 Å². The zero-order chi connectivity index (χ0) is 15.6. The van der Waals surface area contributed by atoms with Crippen LogP contribution in [-0.2, 0) is 5.54 Å².